The fourth-order valence-corrected chi connectivity index (χ4v) is 9.33. The summed E-state index contributed by atoms with van der Waals surface area (Å²) in [6.07, 6.45) is 1.44. The first-order valence-corrected chi connectivity index (χ1v) is 36.5. The van der Waals surface area contributed by atoms with Crippen molar-refractivity contribution in [1.82, 2.24) is 0 Å². The number of Topliss-reactive ketones (excluding diaryl/α,β-unsaturated/α-hetero) is 1. The number of carbonyl (C=O) groups excluding carboxylic acids is 6. The minimum atomic E-state index is -1.15. The third-order valence-corrected chi connectivity index (χ3v) is 14.8. The van der Waals surface area contributed by atoms with E-state index in [1.165, 1.54) is 72.0 Å². The van der Waals surface area contributed by atoms with Crippen LogP contribution >= 0.6 is 27.5 Å². The van der Waals surface area contributed by atoms with Crippen LogP contribution in [0, 0.1) is 4.91 Å². The monoisotopic (exact) mass is 1770 g/mol. The van der Waals surface area contributed by atoms with E-state index in [1.807, 2.05) is 97.1 Å². The zero-order valence-corrected chi connectivity index (χ0v) is 71.8. The number of ketones is 1. The molecule has 2 aromatic heterocycles. The van der Waals surface area contributed by atoms with Gasteiger partial charge in [0.2, 0.25) is 5.78 Å². The topological polar surface area (TPSA) is 493 Å². The molecule has 7 N–H and O–H groups in total. The van der Waals surface area contributed by atoms with E-state index in [9.17, 15) is 43.3 Å². The summed E-state index contributed by atoms with van der Waals surface area (Å²) in [6, 6.07) is 55.9. The maximum atomic E-state index is 11.4. The smallest absolute Gasteiger partial charge is 0.870 e. The number of nitroso groups, excluding NO2 is 1. The molecule has 0 saturated heterocycles. The van der Waals surface area contributed by atoms with Crippen molar-refractivity contribution in [2.45, 2.75) is 20.8 Å². The Bertz CT molecular complexity index is 4980. The second-order valence-corrected chi connectivity index (χ2v) is 23.2. The molecule has 38 heteroatoms. The number of methoxy groups -OCH3 is 2. The standard InChI is InChI=1S/C12H14O5.C11H12N2O4.C10H8O3.C9H8N2O3.C9H9NO.C9H8O5.C8H8O3.C8H6O2.C4H7ClO2.C2H5BrO.K.H2O/c1-3-16-11(13)8-17-10-7-5-4-6-9(10)12(14)15-2;1-15-12-10-8-4-2-3-5-9(8)17-11(10)13-16-7-6-14;1-7(11)13-10-6-12-9-5-3-2-4-8(9)10;1-13-11-8-6-4-2-3-5-7(6)14-9(8)10-12;1-10-8-6-11-9-5-3-2-4-7(8)9;10-8(11)5-14-7-4-2-1-3-6(7)9(12)13;1-11-8(10)6-4-2-3-5-7(6)9;9-7-5-10-8-4-2-1-3-6(7)8;1-2-7-4(6)3-5;3-1-2-4;;/h4-7H,3,8H2,1-2H3;2-5,14H,6-7H2,1H3;2-6H,1H3;2-5,11H,1H3;2-5H,6H2,1H3;1-4H,5H2,(H,10,11)(H,12,13);2-5,9H,1H3;1-4H,5H2;2-3H2,1H3;4H,1-2H2;;1H2/q;;;;;;;;;;+1;/p-1/b;12-10+,13-11?;;;;;;;;;;. The molecule has 120 heavy (non-hydrogen) atoms. The van der Waals surface area contributed by atoms with Gasteiger partial charge in [0.05, 0.1) is 70.0 Å². The van der Waals surface area contributed by atoms with Gasteiger partial charge in [-0.3, -0.25) is 29.7 Å². The number of furan rings is 2. The van der Waals surface area contributed by atoms with Gasteiger partial charge in [-0.05, 0) is 116 Å². The van der Waals surface area contributed by atoms with E-state index in [1.54, 1.807) is 87.6 Å². The molecule has 35 nitrogen and oxygen atoms in total. The molecule has 10 aromatic rings. The largest absolute Gasteiger partial charge is 1.00 e. The molecule has 0 aliphatic carbocycles. The van der Waals surface area contributed by atoms with Crippen LogP contribution in [0.1, 0.15) is 73.3 Å². The Labute approximate surface area is 743 Å². The molecule has 634 valence electrons. The predicted molar refractivity (Wildman–Crippen MR) is 438 cm³/mol. The number of rotatable bonds is 21. The van der Waals surface area contributed by atoms with Gasteiger partial charge in [0.15, 0.2) is 31.3 Å². The zero-order valence-electron chi connectivity index (χ0n) is 66.4. The Morgan fingerprint density at radius 2 is 1.10 bits per heavy atom. The maximum Gasteiger partial charge on any atom is 1.00 e. The van der Waals surface area contributed by atoms with Gasteiger partial charge in [0, 0.05) is 35.4 Å². The Morgan fingerprint density at radius 3 is 1.64 bits per heavy atom. The summed E-state index contributed by atoms with van der Waals surface area (Å²) in [5.41, 5.74) is 8.91. The fourth-order valence-electron chi connectivity index (χ4n) is 9.25. The second-order valence-electron chi connectivity index (χ2n) is 22.1. The number of carboxylic acid groups (broad SMARTS) is 2. The van der Waals surface area contributed by atoms with Crippen LogP contribution in [-0.4, -0.2) is 202 Å². The van der Waals surface area contributed by atoms with Crippen molar-refractivity contribution >= 4 is 126 Å². The molecule has 5 heterocycles. The van der Waals surface area contributed by atoms with Gasteiger partial charge in [0.25, 0.3) is 11.8 Å². The minimum absolute atomic E-state index is 0. The van der Waals surface area contributed by atoms with E-state index < -0.39 is 36.5 Å². The number of nitrogens with zero attached hydrogens (tertiary/aromatic N) is 4. The average molecular weight is 1780 g/mol. The molecule has 0 bridgehead atoms. The number of anilines is 1. The number of carbonyl (C=O) groups is 8. The molecule has 0 radical (unpaired) electrons. The van der Waals surface area contributed by atoms with Gasteiger partial charge >= 0.3 is 93.2 Å². The van der Waals surface area contributed by atoms with Crippen LogP contribution < -0.4 is 85.3 Å². The van der Waals surface area contributed by atoms with E-state index >= 15 is 0 Å². The molecule has 0 saturated carbocycles. The normalized spacial score (nSPS) is 11.8. The number of aromatic hydroxyl groups is 1. The molecule has 3 aliphatic rings. The number of phenolic OH excluding ortho intramolecular Hbond substituents is 1. The number of aliphatic carboxylic acids is 1. The molecular weight excluding hydrogens is 1690 g/mol. The molecule has 13 rings (SSSR count). The number of nitrogens with one attached hydrogen (secondary N) is 1. The Balaban J connectivity index is 0.000000457. The third-order valence-electron chi connectivity index (χ3n) is 14.2. The summed E-state index contributed by atoms with van der Waals surface area (Å²) < 4.78 is 59.3. The Hall–Kier alpha value is -12.1. The molecule has 0 atom stereocenters. The van der Waals surface area contributed by atoms with Crippen LogP contribution in [0.4, 0.5) is 11.6 Å². The predicted octanol–water partition coefficient (Wildman–Crippen LogP) is 10.1. The van der Waals surface area contributed by atoms with Crippen LogP contribution in [0.3, 0.4) is 0 Å². The number of esters is 5. The van der Waals surface area contributed by atoms with Crippen molar-refractivity contribution in [2.24, 2.45) is 20.5 Å². The molecule has 0 spiro atoms. The number of aliphatic imine (C=N–C) groups is 1. The first kappa shape index (κ1) is 104. The van der Waals surface area contributed by atoms with Gasteiger partial charge in [-0.1, -0.05) is 118 Å². The number of carboxylic acids is 2. The Morgan fingerprint density at radius 1 is 0.592 bits per heavy atom. The number of halogens is 2. The number of phenols is 1. The summed E-state index contributed by atoms with van der Waals surface area (Å²) in [5.74, 6) is -1.17. The second kappa shape index (κ2) is 59.5. The number of alkyl halides is 2. The number of aromatic carboxylic acids is 1. The molecule has 0 fully saturated rings. The number of aliphatic hydroxyl groups is 2. The number of para-hydroxylation sites is 8. The molecule has 0 amide bonds. The van der Waals surface area contributed by atoms with Crippen molar-refractivity contribution in [3.05, 3.63) is 239 Å². The van der Waals surface area contributed by atoms with Crippen molar-refractivity contribution in [2.75, 3.05) is 112 Å². The van der Waals surface area contributed by atoms with E-state index in [0.29, 0.717) is 70.7 Å². The summed E-state index contributed by atoms with van der Waals surface area (Å²) >= 11 is 8.05. The van der Waals surface area contributed by atoms with Gasteiger partial charge in [-0.25, -0.2) is 24.0 Å². The van der Waals surface area contributed by atoms with Crippen molar-refractivity contribution in [3.8, 4) is 40.2 Å². The van der Waals surface area contributed by atoms with Gasteiger partial charge in [-0.15, -0.1) is 16.5 Å². The number of oxime groups is 2. The van der Waals surface area contributed by atoms with Crippen molar-refractivity contribution in [1.29, 1.82) is 0 Å². The van der Waals surface area contributed by atoms with Gasteiger partial charge < -0.3 is 96.9 Å². The molecule has 0 unspecified atom stereocenters. The molecular formula is C82H86BrClKN5O30. The Kier molecular flexibility index (Phi) is 51.5. The van der Waals surface area contributed by atoms with Crippen LogP contribution in [0.2, 0.25) is 0 Å². The first-order valence-electron chi connectivity index (χ1n) is 34.9. The number of fused-ring (bicyclic) bond motifs is 5. The molecule has 8 aromatic carbocycles. The number of aliphatic hydroxyl groups excluding tert-OH is 2. The summed E-state index contributed by atoms with van der Waals surface area (Å²) in [4.78, 5) is 115. The third kappa shape index (κ3) is 35.6. The molecule has 3 aliphatic heterocycles. The maximum absolute atomic E-state index is 11.4. The van der Waals surface area contributed by atoms with Crippen LogP contribution in [-0.2, 0) is 52.6 Å². The number of benzene rings is 8. The van der Waals surface area contributed by atoms with E-state index in [4.69, 9.17) is 93.6 Å². The summed E-state index contributed by atoms with van der Waals surface area (Å²) in [7, 11) is 7.25. The average Bonchev–Trinajstić information content (AvgIpc) is 1.66. The zero-order chi connectivity index (χ0) is 86.6. The summed E-state index contributed by atoms with van der Waals surface area (Å²) in [5, 5.41) is 55.2. The van der Waals surface area contributed by atoms with Crippen LogP contribution in [0.5, 0.6) is 40.2 Å². The van der Waals surface area contributed by atoms with E-state index in [0.717, 1.165) is 38.9 Å². The van der Waals surface area contributed by atoms with Gasteiger partial charge in [0.1, 0.15) is 101 Å². The number of ether oxygens (including phenoxy) is 10. The van der Waals surface area contributed by atoms with Crippen LogP contribution in [0.25, 0.3) is 21.9 Å². The number of hydrogen-bond donors (Lipinski definition) is 6. The summed E-state index contributed by atoms with van der Waals surface area (Å²) in [6.45, 7) is 5.78. The van der Waals surface area contributed by atoms with Crippen molar-refractivity contribution in [3.63, 3.8) is 0 Å². The SMILES string of the molecule is CC(=O)Oc1coc2ccccc12.CCOC(=O)CCl.CCOC(=O)COc1ccccc1C(=O)OC.CN=C1COc2ccccc21.CO/N=C1/C(=NOCCO)Oc2ccccc21.COC(=O)c1ccccc1O.CONc1c(N=O)oc2ccccc12.O=C(O)COc1ccccc1C(=O)O.O=C1COc2ccccc21.OCCBr.[K+].[OH-]. The first-order chi connectivity index (χ1) is 57.1. The van der Waals surface area contributed by atoms with Gasteiger partial charge in [-0.2, -0.15) is 0 Å². The quantitative estimate of drug-likeness (QED) is 0.00740. The number of hydrogen-bond acceptors (Lipinski definition) is 33. The fraction of sp³-hybridized carbons (Fsp3) is 0.232. The van der Waals surface area contributed by atoms with Crippen molar-refractivity contribution < 1.29 is 191 Å². The van der Waals surface area contributed by atoms with Crippen LogP contribution in [0.15, 0.2) is 230 Å². The van der Waals surface area contributed by atoms with E-state index in [-0.39, 0.29) is 153 Å². The minimum Gasteiger partial charge on any atom is -0.870 e. The van der Waals surface area contributed by atoms with E-state index in [2.05, 4.69) is 56.1 Å².